The van der Waals surface area contributed by atoms with E-state index in [1.54, 1.807) is 0 Å². The minimum absolute atomic E-state index is 0.784. The van der Waals surface area contributed by atoms with E-state index >= 15 is 0 Å². The van der Waals surface area contributed by atoms with Gasteiger partial charge in [-0.1, -0.05) is 19.3 Å². The molecule has 0 bridgehead atoms. The average molecular weight is 154 g/mol. The van der Waals surface area contributed by atoms with Gasteiger partial charge in [0.15, 0.2) is 0 Å². The molecule has 0 spiro atoms. The summed E-state index contributed by atoms with van der Waals surface area (Å²) in [5.41, 5.74) is 0. The quantitative estimate of drug-likeness (QED) is 0.541. The van der Waals surface area contributed by atoms with Crippen molar-refractivity contribution in [1.29, 1.82) is 0 Å². The smallest absolute Gasteiger partial charge is 0.0221 e. The van der Waals surface area contributed by atoms with Gasteiger partial charge in [0, 0.05) is 25.2 Å². The molecular formula is C9H18N2. The molecular weight excluding hydrogens is 136 g/mol. The fraction of sp³-hybridized carbons (Fsp3) is 1.00. The summed E-state index contributed by atoms with van der Waals surface area (Å²) in [5.74, 6) is 0. The van der Waals surface area contributed by atoms with Crippen molar-refractivity contribution < 1.29 is 0 Å². The van der Waals surface area contributed by atoms with Crippen molar-refractivity contribution in [3.8, 4) is 0 Å². The Hall–Kier alpha value is -0.0800. The third kappa shape index (κ3) is 1.74. The topological polar surface area (TPSA) is 24.1 Å². The van der Waals surface area contributed by atoms with Crippen LogP contribution in [-0.2, 0) is 0 Å². The van der Waals surface area contributed by atoms with Gasteiger partial charge in [0.2, 0.25) is 0 Å². The molecule has 0 radical (unpaired) electrons. The lowest BCUT2D eigenvalue weighted by Gasteiger charge is -2.32. The molecule has 1 aliphatic heterocycles. The van der Waals surface area contributed by atoms with E-state index in [-0.39, 0.29) is 0 Å². The third-order valence-electron chi connectivity index (χ3n) is 2.95. The van der Waals surface area contributed by atoms with Crippen LogP contribution in [0.25, 0.3) is 0 Å². The van der Waals surface area contributed by atoms with Crippen LogP contribution in [0.3, 0.4) is 0 Å². The molecule has 2 N–H and O–H groups in total. The summed E-state index contributed by atoms with van der Waals surface area (Å²) >= 11 is 0. The Morgan fingerprint density at radius 2 is 1.27 bits per heavy atom. The van der Waals surface area contributed by atoms with Crippen molar-refractivity contribution in [2.45, 2.75) is 44.2 Å². The summed E-state index contributed by atoms with van der Waals surface area (Å²) in [6.07, 6.45) is 7.07. The monoisotopic (exact) mass is 154 g/mol. The Bertz CT molecular complexity index is 111. The van der Waals surface area contributed by atoms with E-state index in [9.17, 15) is 0 Å². The summed E-state index contributed by atoms with van der Waals surface area (Å²) in [6, 6.07) is 1.57. The zero-order chi connectivity index (χ0) is 7.52. The van der Waals surface area contributed by atoms with Crippen molar-refractivity contribution in [1.82, 2.24) is 10.6 Å². The standard InChI is InChI=1S/C9H18N2/c1-2-4-8-9(5-3-1)11-7-6-10-8/h8-11H,1-7H2/t8-,9-/m1/s1. The molecule has 0 unspecified atom stereocenters. The number of piperazine rings is 1. The van der Waals surface area contributed by atoms with Crippen LogP contribution >= 0.6 is 0 Å². The first-order valence-corrected chi connectivity index (χ1v) is 4.93. The van der Waals surface area contributed by atoms with Crippen molar-refractivity contribution in [2.24, 2.45) is 0 Å². The van der Waals surface area contributed by atoms with Crippen LogP contribution < -0.4 is 10.6 Å². The molecule has 2 heteroatoms. The minimum atomic E-state index is 0.784. The largest absolute Gasteiger partial charge is 0.311 e. The maximum absolute atomic E-state index is 3.60. The van der Waals surface area contributed by atoms with Gasteiger partial charge in [-0.25, -0.2) is 0 Å². The van der Waals surface area contributed by atoms with Crippen molar-refractivity contribution >= 4 is 0 Å². The second kappa shape index (κ2) is 3.55. The lowest BCUT2D eigenvalue weighted by molar-refractivity contribution is 0.307. The van der Waals surface area contributed by atoms with E-state index < -0.39 is 0 Å². The van der Waals surface area contributed by atoms with Gasteiger partial charge in [-0.05, 0) is 12.8 Å². The maximum Gasteiger partial charge on any atom is 0.0221 e. The Balaban J connectivity index is 1.93. The molecule has 2 aliphatic rings. The Morgan fingerprint density at radius 3 is 1.82 bits per heavy atom. The van der Waals surface area contributed by atoms with Gasteiger partial charge in [0.25, 0.3) is 0 Å². The highest BCUT2D eigenvalue weighted by Gasteiger charge is 2.24. The first-order chi connectivity index (χ1) is 5.47. The van der Waals surface area contributed by atoms with E-state index in [1.807, 2.05) is 0 Å². The molecule has 11 heavy (non-hydrogen) atoms. The van der Waals surface area contributed by atoms with Crippen molar-refractivity contribution in [2.75, 3.05) is 13.1 Å². The molecule has 1 saturated carbocycles. The van der Waals surface area contributed by atoms with Gasteiger partial charge in [-0.3, -0.25) is 0 Å². The van der Waals surface area contributed by atoms with E-state index in [0.717, 1.165) is 12.1 Å². The molecule has 0 aromatic heterocycles. The Morgan fingerprint density at radius 1 is 0.727 bits per heavy atom. The van der Waals surface area contributed by atoms with Gasteiger partial charge in [-0.2, -0.15) is 0 Å². The molecule has 0 aromatic rings. The normalized spacial score (nSPS) is 39.3. The number of hydrogen-bond donors (Lipinski definition) is 2. The van der Waals surface area contributed by atoms with Crippen LogP contribution in [0, 0.1) is 0 Å². The first-order valence-electron chi connectivity index (χ1n) is 4.93. The van der Waals surface area contributed by atoms with Crippen LogP contribution in [0.5, 0.6) is 0 Å². The zero-order valence-corrected chi connectivity index (χ0v) is 7.10. The summed E-state index contributed by atoms with van der Waals surface area (Å²) in [6.45, 7) is 2.34. The van der Waals surface area contributed by atoms with Crippen LogP contribution in [0.4, 0.5) is 0 Å². The molecule has 0 amide bonds. The van der Waals surface area contributed by atoms with E-state index in [0.29, 0.717) is 0 Å². The lowest BCUT2D eigenvalue weighted by Crippen LogP contribution is -2.55. The fourth-order valence-electron chi connectivity index (χ4n) is 2.31. The van der Waals surface area contributed by atoms with Gasteiger partial charge < -0.3 is 10.6 Å². The highest BCUT2D eigenvalue weighted by atomic mass is 15.1. The van der Waals surface area contributed by atoms with Crippen molar-refractivity contribution in [3.05, 3.63) is 0 Å². The summed E-state index contributed by atoms with van der Waals surface area (Å²) < 4.78 is 0. The van der Waals surface area contributed by atoms with Gasteiger partial charge in [0.1, 0.15) is 0 Å². The number of hydrogen-bond acceptors (Lipinski definition) is 2. The Kier molecular flexibility index (Phi) is 2.44. The minimum Gasteiger partial charge on any atom is -0.311 e. The van der Waals surface area contributed by atoms with E-state index in [4.69, 9.17) is 0 Å². The SMILES string of the molecule is C1CC[C@H]2NCCN[C@@H]2CC1. The number of rotatable bonds is 0. The van der Waals surface area contributed by atoms with Crippen molar-refractivity contribution in [3.63, 3.8) is 0 Å². The summed E-state index contributed by atoms with van der Waals surface area (Å²) in [4.78, 5) is 0. The molecule has 2 atom stereocenters. The summed E-state index contributed by atoms with van der Waals surface area (Å²) in [5, 5.41) is 7.20. The second-order valence-corrected chi connectivity index (χ2v) is 3.76. The molecule has 1 heterocycles. The van der Waals surface area contributed by atoms with E-state index in [2.05, 4.69) is 10.6 Å². The molecule has 64 valence electrons. The van der Waals surface area contributed by atoms with Crippen LogP contribution in [0.2, 0.25) is 0 Å². The highest BCUT2D eigenvalue weighted by molar-refractivity contribution is 4.88. The highest BCUT2D eigenvalue weighted by Crippen LogP contribution is 2.19. The van der Waals surface area contributed by atoms with Gasteiger partial charge in [0.05, 0.1) is 0 Å². The third-order valence-corrected chi connectivity index (χ3v) is 2.95. The molecule has 1 aliphatic carbocycles. The van der Waals surface area contributed by atoms with Crippen LogP contribution in [-0.4, -0.2) is 25.2 Å². The molecule has 1 saturated heterocycles. The van der Waals surface area contributed by atoms with E-state index in [1.165, 1.54) is 45.2 Å². The van der Waals surface area contributed by atoms with Crippen LogP contribution in [0.1, 0.15) is 32.1 Å². The maximum atomic E-state index is 3.60. The predicted molar refractivity (Wildman–Crippen MR) is 46.7 cm³/mol. The summed E-state index contributed by atoms with van der Waals surface area (Å²) in [7, 11) is 0. The van der Waals surface area contributed by atoms with Gasteiger partial charge >= 0.3 is 0 Å². The molecule has 0 aromatic carbocycles. The van der Waals surface area contributed by atoms with Crippen LogP contribution in [0.15, 0.2) is 0 Å². The lowest BCUT2D eigenvalue weighted by atomic mass is 10.0. The average Bonchev–Trinajstić information content (AvgIpc) is 2.28. The predicted octanol–water partition coefficient (Wildman–Crippen LogP) is 0.880. The number of nitrogens with one attached hydrogen (secondary N) is 2. The molecule has 2 rings (SSSR count). The molecule has 2 fully saturated rings. The Labute approximate surface area is 68.7 Å². The number of fused-ring (bicyclic) bond motifs is 1. The second-order valence-electron chi connectivity index (χ2n) is 3.76. The van der Waals surface area contributed by atoms with Gasteiger partial charge in [-0.15, -0.1) is 0 Å². The molecule has 2 nitrogen and oxygen atoms in total. The first kappa shape index (κ1) is 7.56. The zero-order valence-electron chi connectivity index (χ0n) is 7.10. The fourth-order valence-corrected chi connectivity index (χ4v) is 2.31.